The van der Waals surface area contributed by atoms with E-state index in [0.29, 0.717) is 0 Å². The fourth-order valence-corrected chi connectivity index (χ4v) is 2.35. The number of carbonyl (C=O) groups is 1. The molecule has 0 amide bonds. The molecule has 0 radical (unpaired) electrons. The molecule has 2 aliphatic rings. The Labute approximate surface area is 114 Å². The van der Waals surface area contributed by atoms with E-state index in [1.54, 1.807) is 13.8 Å². The fraction of sp³-hybridized carbons (Fsp3) is 0.353. The number of Topliss-reactive ketones (excluding diaryl/α,β-unsaturated/α-hetero) is 1. The van der Waals surface area contributed by atoms with Crippen molar-refractivity contribution >= 4 is 5.78 Å². The minimum atomic E-state index is -0.0155. The maximum absolute atomic E-state index is 11.2. The molecule has 0 aromatic heterocycles. The average Bonchev–Trinajstić information content (AvgIpc) is 2.97. The number of hydrogen-bond donors (Lipinski definition) is 0. The second-order valence-corrected chi connectivity index (χ2v) is 5.15. The highest BCUT2D eigenvalue weighted by Crippen LogP contribution is 2.25. The third kappa shape index (κ3) is 3.57. The molecule has 1 unspecified atom stereocenters. The number of hydrogen-bond acceptors (Lipinski definition) is 2. The fourth-order valence-electron chi connectivity index (χ4n) is 2.35. The van der Waals surface area contributed by atoms with Crippen LogP contribution in [-0.2, 0) is 4.79 Å². The highest BCUT2D eigenvalue weighted by Gasteiger charge is 2.13. The molecule has 0 fully saturated rings. The smallest absolute Gasteiger partial charge is 0.140 e. The molecule has 19 heavy (non-hydrogen) atoms. The van der Waals surface area contributed by atoms with Crippen LogP contribution in [0.1, 0.15) is 33.1 Å². The van der Waals surface area contributed by atoms with Crippen LogP contribution in [0, 0.1) is 5.92 Å². The summed E-state index contributed by atoms with van der Waals surface area (Å²) in [5.41, 5.74) is 3.26. The van der Waals surface area contributed by atoms with E-state index in [2.05, 4.69) is 6.08 Å². The zero-order valence-electron chi connectivity index (χ0n) is 11.5. The lowest BCUT2D eigenvalue weighted by atomic mass is 10.0. The molecule has 0 aromatic carbocycles. The maximum atomic E-state index is 11.2. The summed E-state index contributed by atoms with van der Waals surface area (Å²) in [6, 6.07) is 0. The number of rotatable bonds is 5. The van der Waals surface area contributed by atoms with Crippen molar-refractivity contribution in [2.75, 3.05) is 0 Å². The first-order valence-corrected chi connectivity index (χ1v) is 6.72. The van der Waals surface area contributed by atoms with Gasteiger partial charge in [0.05, 0.1) is 5.92 Å². The Bertz CT molecular complexity index is 523. The van der Waals surface area contributed by atoms with Crippen LogP contribution in [0.15, 0.2) is 58.9 Å². The van der Waals surface area contributed by atoms with Gasteiger partial charge in [0.25, 0.3) is 0 Å². The predicted octanol–water partition coefficient (Wildman–Crippen LogP) is 2.99. The van der Waals surface area contributed by atoms with E-state index in [1.165, 1.54) is 11.1 Å². The molecular weight excluding hydrogens is 236 g/mol. The van der Waals surface area contributed by atoms with Gasteiger partial charge in [-0.2, -0.15) is 0 Å². The molecule has 0 heterocycles. The van der Waals surface area contributed by atoms with Crippen LogP contribution < -0.4 is 5.11 Å². The van der Waals surface area contributed by atoms with Gasteiger partial charge in [-0.25, -0.2) is 0 Å². The standard InChI is InChI=1S/C17H20O2/c1-12(18)16-8-6-14(10-16)4-3-5-15-7-9-17(11-15)13(2)19/h6-11,16,19H,3-5H2,1-2H3/p-1. The second kappa shape index (κ2) is 5.87. The third-order valence-corrected chi connectivity index (χ3v) is 3.54. The van der Waals surface area contributed by atoms with Crippen molar-refractivity contribution in [3.05, 3.63) is 58.9 Å². The van der Waals surface area contributed by atoms with Crippen LogP contribution >= 0.6 is 0 Å². The molecule has 0 N–H and O–H groups in total. The van der Waals surface area contributed by atoms with E-state index in [0.717, 1.165) is 24.8 Å². The predicted molar refractivity (Wildman–Crippen MR) is 75.2 cm³/mol. The number of carbonyl (C=O) groups excluding carboxylic acids is 1. The molecule has 0 aliphatic heterocycles. The molecule has 1 atom stereocenters. The summed E-state index contributed by atoms with van der Waals surface area (Å²) in [6.45, 7) is 3.22. The highest BCUT2D eigenvalue weighted by molar-refractivity contribution is 5.83. The summed E-state index contributed by atoms with van der Waals surface area (Å²) in [5.74, 6) is 0.309. The summed E-state index contributed by atoms with van der Waals surface area (Å²) in [6.07, 6.45) is 15.0. The van der Waals surface area contributed by atoms with Crippen LogP contribution in [-0.4, -0.2) is 5.78 Å². The largest absolute Gasteiger partial charge is 0.875 e. The molecule has 0 aromatic rings. The lowest BCUT2D eigenvalue weighted by Gasteiger charge is -2.05. The maximum Gasteiger partial charge on any atom is 0.140 e. The first-order chi connectivity index (χ1) is 9.06. The first kappa shape index (κ1) is 13.6. The molecule has 2 aliphatic carbocycles. The Morgan fingerprint density at radius 1 is 1.16 bits per heavy atom. The van der Waals surface area contributed by atoms with E-state index in [4.69, 9.17) is 0 Å². The van der Waals surface area contributed by atoms with Gasteiger partial charge in [0.2, 0.25) is 0 Å². The zero-order valence-corrected chi connectivity index (χ0v) is 11.5. The van der Waals surface area contributed by atoms with E-state index >= 15 is 0 Å². The molecule has 2 rings (SSSR count). The van der Waals surface area contributed by atoms with Gasteiger partial charge in [-0.15, -0.1) is 5.76 Å². The average molecular weight is 255 g/mol. The molecule has 0 bridgehead atoms. The SMILES string of the molecule is CC(=O)C1C=CC(CCCC2=CC(=C(C)[O-])C=C2)=C1. The Kier molecular flexibility index (Phi) is 4.20. The Morgan fingerprint density at radius 2 is 1.89 bits per heavy atom. The lowest BCUT2D eigenvalue weighted by molar-refractivity contribution is -0.302. The third-order valence-electron chi connectivity index (χ3n) is 3.54. The van der Waals surface area contributed by atoms with Gasteiger partial charge in [0.15, 0.2) is 0 Å². The summed E-state index contributed by atoms with van der Waals surface area (Å²) in [4.78, 5) is 11.2. The minimum absolute atomic E-state index is 0.0155. The van der Waals surface area contributed by atoms with Crippen molar-refractivity contribution in [1.82, 2.24) is 0 Å². The van der Waals surface area contributed by atoms with Crippen LogP contribution in [0.5, 0.6) is 0 Å². The van der Waals surface area contributed by atoms with Crippen molar-refractivity contribution in [3.8, 4) is 0 Å². The van der Waals surface area contributed by atoms with Gasteiger partial charge < -0.3 is 5.11 Å². The van der Waals surface area contributed by atoms with Crippen LogP contribution in [0.3, 0.4) is 0 Å². The van der Waals surface area contributed by atoms with Gasteiger partial charge in [-0.05, 0) is 37.3 Å². The van der Waals surface area contributed by atoms with E-state index in [-0.39, 0.29) is 17.5 Å². The number of ketones is 1. The van der Waals surface area contributed by atoms with Crippen molar-refractivity contribution < 1.29 is 9.90 Å². The summed E-state index contributed by atoms with van der Waals surface area (Å²) in [7, 11) is 0. The van der Waals surface area contributed by atoms with Crippen LogP contribution in [0.2, 0.25) is 0 Å². The molecule has 100 valence electrons. The van der Waals surface area contributed by atoms with E-state index in [9.17, 15) is 9.90 Å². The lowest BCUT2D eigenvalue weighted by Crippen LogP contribution is -2.01. The van der Waals surface area contributed by atoms with Gasteiger partial charge in [-0.3, -0.25) is 4.79 Å². The van der Waals surface area contributed by atoms with Crippen molar-refractivity contribution in [2.24, 2.45) is 5.92 Å². The quantitative estimate of drug-likeness (QED) is 0.708. The molecular formula is C17H19O2-. The topological polar surface area (TPSA) is 40.1 Å². The molecule has 2 nitrogen and oxygen atoms in total. The van der Waals surface area contributed by atoms with Gasteiger partial charge in [0.1, 0.15) is 5.78 Å². The monoisotopic (exact) mass is 255 g/mol. The minimum Gasteiger partial charge on any atom is -0.875 e. The summed E-state index contributed by atoms with van der Waals surface area (Å²) < 4.78 is 0. The molecule has 0 spiro atoms. The highest BCUT2D eigenvalue weighted by atomic mass is 16.3. The van der Waals surface area contributed by atoms with Crippen molar-refractivity contribution in [1.29, 1.82) is 0 Å². The van der Waals surface area contributed by atoms with Crippen molar-refractivity contribution in [3.63, 3.8) is 0 Å². The second-order valence-electron chi connectivity index (χ2n) is 5.15. The van der Waals surface area contributed by atoms with Crippen LogP contribution in [0.4, 0.5) is 0 Å². The molecule has 2 heteroatoms. The van der Waals surface area contributed by atoms with E-state index in [1.807, 2.05) is 30.4 Å². The first-order valence-electron chi connectivity index (χ1n) is 6.72. The summed E-state index contributed by atoms with van der Waals surface area (Å²) in [5, 5.41) is 11.2. The van der Waals surface area contributed by atoms with Gasteiger partial charge in [0, 0.05) is 0 Å². The Morgan fingerprint density at radius 3 is 2.47 bits per heavy atom. The molecule has 0 saturated heterocycles. The Balaban J connectivity index is 1.81. The Hall–Kier alpha value is -1.83. The van der Waals surface area contributed by atoms with Crippen LogP contribution in [0.25, 0.3) is 0 Å². The van der Waals surface area contributed by atoms with Crippen molar-refractivity contribution in [2.45, 2.75) is 33.1 Å². The summed E-state index contributed by atoms with van der Waals surface area (Å²) >= 11 is 0. The zero-order chi connectivity index (χ0) is 13.8. The van der Waals surface area contributed by atoms with Gasteiger partial charge in [-0.1, -0.05) is 49.0 Å². The van der Waals surface area contributed by atoms with E-state index < -0.39 is 0 Å². The molecule has 0 saturated carbocycles. The van der Waals surface area contributed by atoms with Gasteiger partial charge >= 0.3 is 0 Å². The normalized spacial score (nSPS) is 23.6. The number of allylic oxidation sites excluding steroid dienone is 10.